The second-order valence-corrected chi connectivity index (χ2v) is 16.9. The summed E-state index contributed by atoms with van der Waals surface area (Å²) in [4.78, 5) is 72.3. The van der Waals surface area contributed by atoms with Gasteiger partial charge in [-0.15, -0.1) is 0 Å². The number of ether oxygens (including phenoxy) is 2. The van der Waals surface area contributed by atoms with Crippen LogP contribution in [0, 0.1) is 11.8 Å². The zero-order valence-corrected chi connectivity index (χ0v) is 35.6. The van der Waals surface area contributed by atoms with Crippen LogP contribution in [-0.2, 0) is 19.1 Å². The SMILES string of the molecule is COC(=O)N[C@H](C(=O)N1CCC[C@H]1c1nc2ccc(-c3ccc(-c4ccc5c(ccc6[nH]c([C@@H]7CCCCN7C(=O)[C@@H](NC(=O)OC)C(C)C)nc65)c4)cc3)cc2[nH]1)C(C)C. The van der Waals surface area contributed by atoms with E-state index >= 15 is 0 Å². The summed E-state index contributed by atoms with van der Waals surface area (Å²) in [7, 11) is 2.60. The van der Waals surface area contributed by atoms with Crippen LogP contribution < -0.4 is 10.6 Å². The number of nitrogens with zero attached hydrogens (tertiary/aromatic N) is 4. The minimum atomic E-state index is -0.699. The Morgan fingerprint density at radius 3 is 1.75 bits per heavy atom. The summed E-state index contributed by atoms with van der Waals surface area (Å²) in [5.41, 5.74) is 7.77. The normalized spacial score (nSPS) is 17.9. The van der Waals surface area contributed by atoms with Crippen LogP contribution in [0.3, 0.4) is 0 Å². The highest BCUT2D eigenvalue weighted by Gasteiger charge is 2.38. The molecule has 0 saturated carbocycles. The molecule has 2 aliphatic rings. The number of likely N-dealkylation sites (tertiary alicyclic amines) is 2. The first kappa shape index (κ1) is 41.3. The number of aromatic amines is 2. The highest BCUT2D eigenvalue weighted by Crippen LogP contribution is 2.36. The third-order valence-electron chi connectivity index (χ3n) is 12.3. The van der Waals surface area contributed by atoms with E-state index in [2.05, 4.69) is 87.3 Å². The number of imidazole rings is 2. The zero-order valence-electron chi connectivity index (χ0n) is 35.6. The standard InChI is InChI=1S/C47H54N8O6/c1-26(2)39(52-46(58)60-5)44(56)54-22-8-7-10-37(54)43-49-35-21-18-32-24-30(16-19-33(32)41(35)51-43)28-12-14-29(15-13-28)31-17-20-34-36(25-31)50-42(48-34)38-11-9-23-55(38)45(57)40(27(3)4)53-47(59)61-6/h12-21,24-27,37-40H,7-11,22-23H2,1-6H3,(H,48,50)(H,49,51)(H,52,58)(H,53,59)/t37-,38-,39-,40-/m0/s1. The number of hydrogen-bond acceptors (Lipinski definition) is 8. The third kappa shape index (κ3) is 8.23. The Bertz CT molecular complexity index is 2600. The fourth-order valence-corrected chi connectivity index (χ4v) is 8.93. The van der Waals surface area contributed by atoms with Gasteiger partial charge in [0.2, 0.25) is 11.8 Å². The monoisotopic (exact) mass is 826 g/mol. The predicted octanol–water partition coefficient (Wildman–Crippen LogP) is 8.40. The molecule has 4 atom stereocenters. The molecule has 14 heteroatoms. The van der Waals surface area contributed by atoms with Crippen molar-refractivity contribution in [2.75, 3.05) is 27.3 Å². The first-order valence-corrected chi connectivity index (χ1v) is 21.3. The largest absolute Gasteiger partial charge is 0.453 e. The molecule has 61 heavy (non-hydrogen) atoms. The molecule has 4 N–H and O–H groups in total. The quantitative estimate of drug-likeness (QED) is 0.107. The molecule has 0 aliphatic carbocycles. The van der Waals surface area contributed by atoms with Gasteiger partial charge in [-0.25, -0.2) is 19.6 Å². The van der Waals surface area contributed by atoms with E-state index in [0.717, 1.165) is 98.8 Å². The van der Waals surface area contributed by atoms with Gasteiger partial charge in [-0.1, -0.05) is 76.2 Å². The molecule has 6 aromatic rings. The Morgan fingerprint density at radius 1 is 0.623 bits per heavy atom. The molecule has 0 spiro atoms. The molecule has 4 heterocycles. The van der Waals surface area contributed by atoms with Crippen molar-refractivity contribution < 1.29 is 28.7 Å². The number of carbonyl (C=O) groups excluding carboxylic acids is 4. The van der Waals surface area contributed by atoms with E-state index in [4.69, 9.17) is 19.4 Å². The van der Waals surface area contributed by atoms with Crippen LogP contribution in [0.25, 0.3) is 55.1 Å². The fraction of sp³-hybridized carbons (Fsp3) is 0.404. The molecule has 318 valence electrons. The Morgan fingerprint density at radius 2 is 1.15 bits per heavy atom. The van der Waals surface area contributed by atoms with E-state index in [9.17, 15) is 19.2 Å². The van der Waals surface area contributed by atoms with Crippen molar-refractivity contribution in [3.05, 3.63) is 84.4 Å². The van der Waals surface area contributed by atoms with Crippen molar-refractivity contribution in [1.29, 1.82) is 0 Å². The molecule has 0 unspecified atom stereocenters. The minimum absolute atomic E-state index is 0.108. The predicted molar refractivity (Wildman–Crippen MR) is 234 cm³/mol. The van der Waals surface area contributed by atoms with Gasteiger partial charge in [0, 0.05) is 18.5 Å². The smallest absolute Gasteiger partial charge is 0.407 e. The Balaban J connectivity index is 0.997. The van der Waals surface area contributed by atoms with Crippen LogP contribution in [0.1, 0.15) is 83.5 Å². The van der Waals surface area contributed by atoms with Crippen molar-refractivity contribution in [2.45, 2.75) is 84.0 Å². The Hall–Kier alpha value is -6.44. The number of nitrogens with one attached hydrogen (secondary N) is 4. The van der Waals surface area contributed by atoms with Crippen LogP contribution in [-0.4, -0.2) is 93.1 Å². The minimum Gasteiger partial charge on any atom is -0.453 e. The molecule has 2 aromatic heterocycles. The number of piperidine rings is 1. The number of methoxy groups -OCH3 is 2. The van der Waals surface area contributed by atoms with Gasteiger partial charge in [0.25, 0.3) is 0 Å². The van der Waals surface area contributed by atoms with Crippen molar-refractivity contribution in [1.82, 2.24) is 40.4 Å². The second-order valence-electron chi connectivity index (χ2n) is 16.9. The summed E-state index contributed by atoms with van der Waals surface area (Å²) < 4.78 is 9.59. The molecule has 2 fully saturated rings. The highest BCUT2D eigenvalue weighted by atomic mass is 16.5. The van der Waals surface area contributed by atoms with Crippen LogP contribution >= 0.6 is 0 Å². The average Bonchev–Trinajstić information content (AvgIpc) is 4.05. The van der Waals surface area contributed by atoms with Gasteiger partial charge in [0.15, 0.2) is 0 Å². The van der Waals surface area contributed by atoms with Gasteiger partial charge in [-0.05, 0) is 95.8 Å². The van der Waals surface area contributed by atoms with E-state index < -0.39 is 24.3 Å². The van der Waals surface area contributed by atoms with E-state index in [0.29, 0.717) is 13.1 Å². The van der Waals surface area contributed by atoms with E-state index in [1.54, 1.807) is 0 Å². The maximum atomic E-state index is 13.9. The summed E-state index contributed by atoms with van der Waals surface area (Å²) in [6.45, 7) is 8.84. The van der Waals surface area contributed by atoms with Crippen LogP contribution in [0.15, 0.2) is 72.8 Å². The fourth-order valence-electron chi connectivity index (χ4n) is 8.93. The van der Waals surface area contributed by atoms with Gasteiger partial charge in [-0.2, -0.15) is 0 Å². The topological polar surface area (TPSA) is 175 Å². The lowest BCUT2D eigenvalue weighted by Crippen LogP contribution is -2.53. The molecule has 0 bridgehead atoms. The second kappa shape index (κ2) is 17.3. The first-order chi connectivity index (χ1) is 29.4. The number of hydrogen-bond donors (Lipinski definition) is 4. The molecule has 8 rings (SSSR count). The first-order valence-electron chi connectivity index (χ1n) is 21.3. The van der Waals surface area contributed by atoms with E-state index in [-0.39, 0.29) is 35.7 Å². The number of alkyl carbamates (subject to hydrolysis) is 2. The summed E-state index contributed by atoms with van der Waals surface area (Å²) in [5, 5.41) is 7.54. The lowest BCUT2D eigenvalue weighted by molar-refractivity contribution is -0.138. The molecule has 4 aromatic carbocycles. The van der Waals surface area contributed by atoms with Gasteiger partial charge in [-0.3, -0.25) is 9.59 Å². The van der Waals surface area contributed by atoms with Crippen LogP contribution in [0.2, 0.25) is 0 Å². The van der Waals surface area contributed by atoms with E-state index in [1.807, 2.05) is 43.6 Å². The summed E-state index contributed by atoms with van der Waals surface area (Å²) >= 11 is 0. The Kier molecular flexibility index (Phi) is 11.7. The van der Waals surface area contributed by atoms with Gasteiger partial charge in [0.05, 0.1) is 48.4 Å². The number of amides is 4. The molecule has 14 nitrogen and oxygen atoms in total. The number of H-pyrrole nitrogens is 2. The zero-order chi connectivity index (χ0) is 42.9. The molecule has 0 radical (unpaired) electrons. The highest BCUT2D eigenvalue weighted by molar-refractivity contribution is 6.05. The molecule has 2 aliphatic heterocycles. The molecule has 2 saturated heterocycles. The van der Waals surface area contributed by atoms with Gasteiger partial charge < -0.3 is 39.9 Å². The summed E-state index contributed by atoms with van der Waals surface area (Å²) in [6, 6.07) is 23.4. The van der Waals surface area contributed by atoms with Gasteiger partial charge >= 0.3 is 12.2 Å². The maximum absolute atomic E-state index is 13.9. The lowest BCUT2D eigenvalue weighted by Gasteiger charge is -2.37. The average molecular weight is 827 g/mol. The van der Waals surface area contributed by atoms with E-state index in [1.165, 1.54) is 14.2 Å². The molecule has 4 amide bonds. The maximum Gasteiger partial charge on any atom is 0.407 e. The van der Waals surface area contributed by atoms with Crippen molar-refractivity contribution in [3.63, 3.8) is 0 Å². The number of fused-ring (bicyclic) bond motifs is 4. The van der Waals surface area contributed by atoms with Crippen molar-refractivity contribution in [2.24, 2.45) is 11.8 Å². The molecular weight excluding hydrogens is 773 g/mol. The summed E-state index contributed by atoms with van der Waals surface area (Å²) in [5.74, 6) is 1.01. The van der Waals surface area contributed by atoms with Gasteiger partial charge in [0.1, 0.15) is 23.7 Å². The van der Waals surface area contributed by atoms with Crippen molar-refractivity contribution >= 4 is 56.8 Å². The summed E-state index contributed by atoms with van der Waals surface area (Å²) in [6.07, 6.45) is 3.04. The molecular formula is C47H54N8O6. The number of aromatic nitrogens is 4. The Labute approximate surface area is 354 Å². The number of carbonyl (C=O) groups is 4. The lowest BCUT2D eigenvalue weighted by atomic mass is 9.97. The van der Waals surface area contributed by atoms with Crippen LogP contribution in [0.4, 0.5) is 9.59 Å². The third-order valence-corrected chi connectivity index (χ3v) is 12.3. The van der Waals surface area contributed by atoms with Crippen molar-refractivity contribution in [3.8, 4) is 22.3 Å². The number of rotatable bonds is 10. The number of benzene rings is 4. The van der Waals surface area contributed by atoms with Crippen LogP contribution in [0.5, 0.6) is 0 Å².